The summed E-state index contributed by atoms with van der Waals surface area (Å²) in [5.74, 6) is 0.238. The van der Waals surface area contributed by atoms with Crippen LogP contribution >= 0.6 is 22.9 Å². The van der Waals surface area contributed by atoms with Gasteiger partial charge in [0.2, 0.25) is 0 Å². The number of thiophene rings is 1. The van der Waals surface area contributed by atoms with Gasteiger partial charge in [0.05, 0.1) is 23.1 Å². The van der Waals surface area contributed by atoms with E-state index in [1.54, 1.807) is 19.2 Å². The summed E-state index contributed by atoms with van der Waals surface area (Å²) in [6.45, 7) is 1.94. The van der Waals surface area contributed by atoms with E-state index in [0.717, 1.165) is 14.8 Å². The van der Waals surface area contributed by atoms with Crippen LogP contribution in [0.25, 0.3) is 0 Å². The minimum Gasteiger partial charge on any atom is -0.496 e. The quantitative estimate of drug-likeness (QED) is 0.915. The molecule has 1 aromatic carbocycles. The molecule has 0 fully saturated rings. The zero-order chi connectivity index (χ0) is 14.0. The third-order valence-electron chi connectivity index (χ3n) is 2.97. The molecule has 1 unspecified atom stereocenters. The Hall–Kier alpha value is -1.10. The molecular formula is C14H15ClFNOS. The highest BCUT2D eigenvalue weighted by Gasteiger charge is 2.22. The van der Waals surface area contributed by atoms with Gasteiger partial charge in [-0.05, 0) is 37.7 Å². The van der Waals surface area contributed by atoms with Crippen molar-refractivity contribution in [1.82, 2.24) is 5.32 Å². The second-order valence-corrected chi connectivity index (χ2v) is 5.87. The van der Waals surface area contributed by atoms with Gasteiger partial charge in [0, 0.05) is 4.88 Å². The van der Waals surface area contributed by atoms with Crippen LogP contribution in [0.2, 0.25) is 4.34 Å². The van der Waals surface area contributed by atoms with E-state index in [0.29, 0.717) is 11.3 Å². The van der Waals surface area contributed by atoms with Crippen molar-refractivity contribution in [2.24, 2.45) is 0 Å². The average molecular weight is 300 g/mol. The van der Waals surface area contributed by atoms with Crippen LogP contribution in [0.15, 0.2) is 24.3 Å². The fourth-order valence-corrected chi connectivity index (χ4v) is 3.37. The number of nitrogens with one attached hydrogen (secondary N) is 1. The van der Waals surface area contributed by atoms with Gasteiger partial charge >= 0.3 is 0 Å². The molecule has 2 rings (SSSR count). The molecule has 5 heteroatoms. The Balaban J connectivity index is 2.53. The number of hydrogen-bond acceptors (Lipinski definition) is 3. The molecule has 1 heterocycles. The topological polar surface area (TPSA) is 21.3 Å². The molecule has 0 saturated heterocycles. The van der Waals surface area contributed by atoms with Crippen molar-refractivity contribution < 1.29 is 9.13 Å². The number of rotatable bonds is 4. The van der Waals surface area contributed by atoms with Crippen LogP contribution in [-0.4, -0.2) is 14.2 Å². The lowest BCUT2D eigenvalue weighted by atomic mass is 10.0. The fourth-order valence-electron chi connectivity index (χ4n) is 2.03. The van der Waals surface area contributed by atoms with Crippen molar-refractivity contribution in [3.63, 3.8) is 0 Å². The van der Waals surface area contributed by atoms with E-state index >= 15 is 0 Å². The molecule has 0 radical (unpaired) electrons. The summed E-state index contributed by atoms with van der Waals surface area (Å²) < 4.78 is 20.1. The highest BCUT2D eigenvalue weighted by molar-refractivity contribution is 7.16. The first kappa shape index (κ1) is 14.3. The van der Waals surface area contributed by atoms with E-state index in [4.69, 9.17) is 16.3 Å². The van der Waals surface area contributed by atoms with Gasteiger partial charge in [-0.3, -0.25) is 0 Å². The lowest BCUT2D eigenvalue weighted by molar-refractivity contribution is 0.399. The second kappa shape index (κ2) is 5.90. The Morgan fingerprint density at radius 3 is 2.68 bits per heavy atom. The van der Waals surface area contributed by atoms with Gasteiger partial charge in [-0.15, -0.1) is 11.3 Å². The molecular weight excluding hydrogens is 285 g/mol. The van der Waals surface area contributed by atoms with Crippen LogP contribution in [0.5, 0.6) is 5.75 Å². The summed E-state index contributed by atoms with van der Waals surface area (Å²) in [5.41, 5.74) is 1.50. The predicted molar refractivity (Wildman–Crippen MR) is 77.9 cm³/mol. The zero-order valence-electron chi connectivity index (χ0n) is 11.0. The fraction of sp³-hybridized carbons (Fsp3) is 0.286. The van der Waals surface area contributed by atoms with Crippen LogP contribution in [-0.2, 0) is 0 Å². The van der Waals surface area contributed by atoms with Crippen molar-refractivity contribution in [1.29, 1.82) is 0 Å². The molecule has 19 heavy (non-hydrogen) atoms. The van der Waals surface area contributed by atoms with E-state index in [9.17, 15) is 4.39 Å². The van der Waals surface area contributed by atoms with Crippen molar-refractivity contribution in [2.45, 2.75) is 13.0 Å². The zero-order valence-corrected chi connectivity index (χ0v) is 12.5. The van der Waals surface area contributed by atoms with Gasteiger partial charge in [-0.2, -0.15) is 0 Å². The van der Waals surface area contributed by atoms with Gasteiger partial charge in [-0.25, -0.2) is 4.39 Å². The summed E-state index contributed by atoms with van der Waals surface area (Å²) in [4.78, 5) is 0.966. The van der Waals surface area contributed by atoms with E-state index in [1.807, 2.05) is 13.0 Å². The smallest absolute Gasteiger partial charge is 0.132 e. The number of hydrogen-bond donors (Lipinski definition) is 1. The monoisotopic (exact) mass is 299 g/mol. The molecule has 102 valence electrons. The molecule has 2 aromatic rings. The minimum atomic E-state index is -0.291. The number of ether oxygens (including phenoxy) is 1. The van der Waals surface area contributed by atoms with Gasteiger partial charge in [0.25, 0.3) is 0 Å². The first-order valence-electron chi connectivity index (χ1n) is 5.84. The maximum atomic E-state index is 14.1. The SMILES string of the molecule is CNC(c1cc(C)c(Cl)s1)c1c(F)cccc1OC. The Morgan fingerprint density at radius 1 is 1.42 bits per heavy atom. The Bertz CT molecular complexity index is 565. The maximum Gasteiger partial charge on any atom is 0.132 e. The largest absolute Gasteiger partial charge is 0.496 e. The standard InChI is InChI=1S/C14H15ClFNOS/c1-8-7-11(19-14(8)15)13(17-2)12-9(16)5-4-6-10(12)18-3/h4-7,13,17H,1-3H3. The van der Waals surface area contributed by atoms with Crippen LogP contribution in [0.1, 0.15) is 22.0 Å². The van der Waals surface area contributed by atoms with E-state index in [2.05, 4.69) is 5.32 Å². The van der Waals surface area contributed by atoms with Crippen LogP contribution in [0, 0.1) is 12.7 Å². The Labute approximate surface area is 121 Å². The molecule has 0 amide bonds. The van der Waals surface area contributed by atoms with Gasteiger partial charge < -0.3 is 10.1 Å². The van der Waals surface area contributed by atoms with Crippen molar-refractivity contribution in [2.75, 3.05) is 14.2 Å². The van der Waals surface area contributed by atoms with Crippen molar-refractivity contribution >= 4 is 22.9 Å². The van der Waals surface area contributed by atoms with E-state index in [1.165, 1.54) is 24.5 Å². The van der Waals surface area contributed by atoms with Gasteiger partial charge in [0.1, 0.15) is 11.6 Å². The van der Waals surface area contributed by atoms with E-state index < -0.39 is 0 Å². The normalized spacial score (nSPS) is 12.5. The Morgan fingerprint density at radius 2 is 2.16 bits per heavy atom. The summed E-state index contributed by atoms with van der Waals surface area (Å²) in [7, 11) is 3.33. The summed E-state index contributed by atoms with van der Waals surface area (Å²) >= 11 is 7.55. The minimum absolute atomic E-state index is 0.271. The van der Waals surface area contributed by atoms with Gasteiger partial charge in [-0.1, -0.05) is 17.7 Å². The molecule has 1 atom stereocenters. The second-order valence-electron chi connectivity index (χ2n) is 4.18. The Kier molecular flexibility index (Phi) is 4.45. The molecule has 0 bridgehead atoms. The number of halogens is 2. The first-order valence-corrected chi connectivity index (χ1v) is 7.03. The third-order valence-corrected chi connectivity index (χ3v) is 4.59. The molecule has 0 spiro atoms. The molecule has 0 aliphatic carbocycles. The predicted octanol–water partition coefficient (Wildman–Crippen LogP) is 4.17. The van der Waals surface area contributed by atoms with Gasteiger partial charge in [0.15, 0.2) is 0 Å². The maximum absolute atomic E-state index is 14.1. The average Bonchev–Trinajstić information content (AvgIpc) is 2.72. The lowest BCUT2D eigenvalue weighted by Crippen LogP contribution is -2.18. The number of benzene rings is 1. The highest BCUT2D eigenvalue weighted by Crippen LogP contribution is 2.38. The number of aryl methyl sites for hydroxylation is 1. The van der Waals surface area contributed by atoms with E-state index in [-0.39, 0.29) is 11.9 Å². The third kappa shape index (κ3) is 2.76. The summed E-state index contributed by atoms with van der Waals surface area (Å²) in [6.07, 6.45) is 0. The highest BCUT2D eigenvalue weighted by atomic mass is 35.5. The molecule has 1 aromatic heterocycles. The molecule has 1 N–H and O–H groups in total. The summed E-state index contributed by atoms with van der Waals surface area (Å²) in [5, 5.41) is 3.12. The van der Waals surface area contributed by atoms with Crippen molar-refractivity contribution in [3.05, 3.63) is 50.4 Å². The first-order chi connectivity index (χ1) is 9.08. The van der Waals surface area contributed by atoms with Crippen molar-refractivity contribution in [3.8, 4) is 5.75 Å². The lowest BCUT2D eigenvalue weighted by Gasteiger charge is -2.18. The molecule has 0 saturated carbocycles. The molecule has 0 aliphatic heterocycles. The molecule has 0 aliphatic rings. The summed E-state index contributed by atoms with van der Waals surface area (Å²) in [6, 6.07) is 6.53. The number of methoxy groups -OCH3 is 1. The molecule has 2 nitrogen and oxygen atoms in total. The van der Waals surface area contributed by atoms with Crippen LogP contribution < -0.4 is 10.1 Å². The van der Waals surface area contributed by atoms with Crippen LogP contribution in [0.4, 0.5) is 4.39 Å². The van der Waals surface area contributed by atoms with Crippen LogP contribution in [0.3, 0.4) is 0 Å².